The van der Waals surface area contributed by atoms with E-state index in [4.69, 9.17) is 10.00 Å². The predicted octanol–water partition coefficient (Wildman–Crippen LogP) is 3.11. The molecule has 86 valence electrons. The summed E-state index contributed by atoms with van der Waals surface area (Å²) in [4.78, 5) is 0. The molecule has 0 saturated carbocycles. The Morgan fingerprint density at radius 2 is 2.19 bits per heavy atom. The van der Waals surface area contributed by atoms with Crippen LogP contribution in [-0.2, 0) is 0 Å². The van der Waals surface area contributed by atoms with Crippen molar-refractivity contribution in [1.82, 2.24) is 0 Å². The third kappa shape index (κ3) is 3.82. The van der Waals surface area contributed by atoms with Crippen molar-refractivity contribution in [1.29, 1.82) is 5.26 Å². The van der Waals surface area contributed by atoms with E-state index in [1.54, 1.807) is 7.11 Å². The number of nitrogens with one attached hydrogen (secondary N) is 1. The van der Waals surface area contributed by atoms with E-state index in [1.807, 2.05) is 12.1 Å². The van der Waals surface area contributed by atoms with Crippen molar-refractivity contribution < 1.29 is 4.74 Å². The summed E-state index contributed by atoms with van der Waals surface area (Å²) in [6.07, 6.45) is 2.58. The molecule has 0 amide bonds. The molecule has 0 bridgehead atoms. The Hall–Kier alpha value is -1.69. The summed E-state index contributed by atoms with van der Waals surface area (Å²) in [6, 6.07) is 8.21. The first-order valence-corrected chi connectivity index (χ1v) is 5.53. The molecule has 0 unspecified atom stereocenters. The van der Waals surface area contributed by atoms with Crippen molar-refractivity contribution >= 4 is 5.69 Å². The van der Waals surface area contributed by atoms with E-state index in [2.05, 4.69) is 24.4 Å². The maximum absolute atomic E-state index is 8.41. The number of hydrogen-bond donors (Lipinski definition) is 1. The van der Waals surface area contributed by atoms with Gasteiger partial charge < -0.3 is 10.1 Å². The molecule has 0 fully saturated rings. The summed E-state index contributed by atoms with van der Waals surface area (Å²) in [5.74, 6) is 0.867. The number of nitriles is 1. The van der Waals surface area contributed by atoms with Crippen LogP contribution in [0.15, 0.2) is 18.2 Å². The van der Waals surface area contributed by atoms with Gasteiger partial charge in [-0.2, -0.15) is 5.26 Å². The minimum absolute atomic E-state index is 0.632. The molecule has 3 heteroatoms. The maximum Gasteiger partial charge on any atom is 0.141 e. The van der Waals surface area contributed by atoms with Gasteiger partial charge in [-0.25, -0.2) is 0 Å². The largest absolute Gasteiger partial charge is 0.495 e. The highest BCUT2D eigenvalue weighted by Gasteiger charge is 2.01. The third-order valence-corrected chi connectivity index (χ3v) is 2.39. The highest BCUT2D eigenvalue weighted by molar-refractivity contribution is 5.57. The van der Waals surface area contributed by atoms with Gasteiger partial charge in [0.05, 0.1) is 18.9 Å². The Labute approximate surface area is 97.0 Å². The standard InChI is InChI=1S/C13H18N2O/c1-11-6-7-13(16-2)12(10-11)15-9-5-3-4-8-14/h6-7,10,15H,3-5,9H2,1-2H3. The lowest BCUT2D eigenvalue weighted by Crippen LogP contribution is -2.03. The SMILES string of the molecule is COc1ccc(C)cc1NCCCCC#N. The number of aryl methyl sites for hydroxylation is 1. The minimum Gasteiger partial charge on any atom is -0.495 e. The lowest BCUT2D eigenvalue weighted by Gasteiger charge is -2.11. The highest BCUT2D eigenvalue weighted by Crippen LogP contribution is 2.25. The van der Waals surface area contributed by atoms with E-state index in [9.17, 15) is 0 Å². The van der Waals surface area contributed by atoms with Gasteiger partial charge in [0, 0.05) is 13.0 Å². The molecule has 0 aromatic heterocycles. The molecular formula is C13H18N2O. The van der Waals surface area contributed by atoms with Gasteiger partial charge in [-0.15, -0.1) is 0 Å². The first-order valence-electron chi connectivity index (χ1n) is 5.53. The van der Waals surface area contributed by atoms with Crippen molar-refractivity contribution in [3.05, 3.63) is 23.8 Å². The number of rotatable bonds is 6. The first-order chi connectivity index (χ1) is 7.77. The molecule has 3 nitrogen and oxygen atoms in total. The zero-order chi connectivity index (χ0) is 11.8. The molecule has 0 radical (unpaired) electrons. The number of unbranched alkanes of at least 4 members (excludes halogenated alkanes) is 2. The van der Waals surface area contributed by atoms with Crippen molar-refractivity contribution in [3.63, 3.8) is 0 Å². The predicted molar refractivity (Wildman–Crippen MR) is 65.7 cm³/mol. The van der Waals surface area contributed by atoms with Crippen LogP contribution in [-0.4, -0.2) is 13.7 Å². The molecule has 0 saturated heterocycles. The molecule has 0 heterocycles. The molecule has 0 spiro atoms. The Morgan fingerprint density at radius 3 is 2.88 bits per heavy atom. The van der Waals surface area contributed by atoms with E-state index in [0.717, 1.165) is 30.8 Å². The maximum atomic E-state index is 8.41. The van der Waals surface area contributed by atoms with E-state index in [-0.39, 0.29) is 0 Å². The van der Waals surface area contributed by atoms with Gasteiger partial charge >= 0.3 is 0 Å². The normalized spacial score (nSPS) is 9.56. The first kappa shape index (κ1) is 12.4. The lowest BCUT2D eigenvalue weighted by atomic mass is 10.2. The van der Waals surface area contributed by atoms with Gasteiger partial charge in [-0.3, -0.25) is 0 Å². The van der Waals surface area contributed by atoms with Gasteiger partial charge in [0.1, 0.15) is 5.75 Å². The second-order valence-electron chi connectivity index (χ2n) is 3.75. The number of anilines is 1. The van der Waals surface area contributed by atoms with Crippen molar-refractivity contribution in [2.24, 2.45) is 0 Å². The minimum atomic E-state index is 0.632. The second kappa shape index (κ2) is 6.73. The second-order valence-corrected chi connectivity index (χ2v) is 3.75. The summed E-state index contributed by atoms with van der Waals surface area (Å²) >= 11 is 0. The number of nitrogens with zero attached hydrogens (tertiary/aromatic N) is 1. The number of benzene rings is 1. The summed E-state index contributed by atoms with van der Waals surface area (Å²) in [5.41, 5.74) is 2.24. The fourth-order valence-electron chi connectivity index (χ4n) is 1.51. The molecular weight excluding hydrogens is 200 g/mol. The van der Waals surface area contributed by atoms with Crippen LogP contribution in [0.5, 0.6) is 5.75 Å². The summed E-state index contributed by atoms with van der Waals surface area (Å²) in [5, 5.41) is 11.7. The van der Waals surface area contributed by atoms with Gasteiger partial charge in [0.2, 0.25) is 0 Å². The molecule has 1 aromatic carbocycles. The lowest BCUT2D eigenvalue weighted by molar-refractivity contribution is 0.416. The van der Waals surface area contributed by atoms with E-state index in [0.29, 0.717) is 6.42 Å². The monoisotopic (exact) mass is 218 g/mol. The van der Waals surface area contributed by atoms with Crippen LogP contribution in [0, 0.1) is 18.3 Å². The van der Waals surface area contributed by atoms with Crippen LogP contribution in [0.3, 0.4) is 0 Å². The van der Waals surface area contributed by atoms with Gasteiger partial charge in [0.25, 0.3) is 0 Å². The third-order valence-electron chi connectivity index (χ3n) is 2.39. The van der Waals surface area contributed by atoms with Crippen LogP contribution >= 0.6 is 0 Å². The van der Waals surface area contributed by atoms with E-state index in [1.165, 1.54) is 5.56 Å². The average Bonchev–Trinajstić information content (AvgIpc) is 2.29. The van der Waals surface area contributed by atoms with Crippen LogP contribution in [0.1, 0.15) is 24.8 Å². The topological polar surface area (TPSA) is 45.0 Å². The molecule has 1 rings (SSSR count). The van der Waals surface area contributed by atoms with Crippen LogP contribution in [0.4, 0.5) is 5.69 Å². The van der Waals surface area contributed by atoms with Crippen molar-refractivity contribution in [3.8, 4) is 11.8 Å². The average molecular weight is 218 g/mol. The van der Waals surface area contributed by atoms with Crippen molar-refractivity contribution in [2.75, 3.05) is 19.0 Å². The zero-order valence-corrected chi connectivity index (χ0v) is 9.92. The molecule has 0 aliphatic carbocycles. The molecule has 0 aliphatic heterocycles. The zero-order valence-electron chi connectivity index (χ0n) is 9.92. The Bertz CT molecular complexity index is 369. The Kier molecular flexibility index (Phi) is 5.21. The van der Waals surface area contributed by atoms with Gasteiger partial charge in [-0.1, -0.05) is 6.07 Å². The van der Waals surface area contributed by atoms with Gasteiger partial charge in [0.15, 0.2) is 0 Å². The molecule has 0 atom stereocenters. The van der Waals surface area contributed by atoms with Gasteiger partial charge in [-0.05, 0) is 37.5 Å². The van der Waals surface area contributed by atoms with Crippen molar-refractivity contribution in [2.45, 2.75) is 26.2 Å². The smallest absolute Gasteiger partial charge is 0.141 e. The Morgan fingerprint density at radius 1 is 1.38 bits per heavy atom. The summed E-state index contributed by atoms with van der Waals surface area (Å²) in [7, 11) is 1.67. The number of methoxy groups -OCH3 is 1. The quantitative estimate of drug-likeness (QED) is 0.746. The molecule has 1 aromatic rings. The van der Waals surface area contributed by atoms with Crippen LogP contribution in [0.2, 0.25) is 0 Å². The fraction of sp³-hybridized carbons (Fsp3) is 0.462. The fourth-order valence-corrected chi connectivity index (χ4v) is 1.51. The number of hydrogen-bond acceptors (Lipinski definition) is 3. The Balaban J connectivity index is 2.46. The molecule has 1 N–H and O–H groups in total. The van der Waals surface area contributed by atoms with E-state index >= 15 is 0 Å². The highest BCUT2D eigenvalue weighted by atomic mass is 16.5. The van der Waals surface area contributed by atoms with Crippen LogP contribution < -0.4 is 10.1 Å². The molecule has 16 heavy (non-hydrogen) atoms. The molecule has 0 aliphatic rings. The number of ether oxygens (including phenoxy) is 1. The van der Waals surface area contributed by atoms with Crippen LogP contribution in [0.25, 0.3) is 0 Å². The summed E-state index contributed by atoms with van der Waals surface area (Å²) < 4.78 is 5.26. The van der Waals surface area contributed by atoms with E-state index < -0.39 is 0 Å². The summed E-state index contributed by atoms with van der Waals surface area (Å²) in [6.45, 7) is 2.93.